The minimum absolute atomic E-state index is 0.283. The first kappa shape index (κ1) is 14.7. The van der Waals surface area contributed by atoms with E-state index in [1.807, 2.05) is 12.1 Å². The Hall–Kier alpha value is -2.66. The van der Waals surface area contributed by atoms with Crippen LogP contribution in [-0.4, -0.2) is 18.4 Å². The van der Waals surface area contributed by atoms with Crippen LogP contribution in [-0.2, 0) is 6.42 Å². The predicted molar refractivity (Wildman–Crippen MR) is 82.1 cm³/mol. The molecule has 0 radical (unpaired) electrons. The zero-order chi connectivity index (χ0) is 15.2. The average molecular weight is 283 g/mol. The molecule has 0 spiro atoms. The number of carbonyl (C=O) groups is 2. The Kier molecular flexibility index (Phi) is 4.68. The van der Waals surface area contributed by atoms with Crippen LogP contribution in [0, 0.1) is 0 Å². The van der Waals surface area contributed by atoms with Gasteiger partial charge in [-0.05, 0) is 42.8 Å². The second-order valence-corrected chi connectivity index (χ2v) is 4.60. The molecule has 0 aliphatic rings. The highest BCUT2D eigenvalue weighted by Gasteiger charge is 2.11. The lowest BCUT2D eigenvalue weighted by atomic mass is 10.1. The van der Waals surface area contributed by atoms with Crippen molar-refractivity contribution in [3.8, 4) is 0 Å². The normalized spacial score (nSPS) is 10.1. The van der Waals surface area contributed by atoms with Crippen molar-refractivity contribution in [2.24, 2.45) is 11.5 Å². The fourth-order valence-electron chi connectivity index (χ4n) is 1.99. The van der Waals surface area contributed by atoms with Crippen LogP contribution in [0.4, 0.5) is 5.69 Å². The number of nitrogens with two attached hydrogens (primary N) is 2. The summed E-state index contributed by atoms with van der Waals surface area (Å²) in [6, 6.07) is 13.8. The van der Waals surface area contributed by atoms with Crippen molar-refractivity contribution in [3.05, 3.63) is 65.2 Å². The average Bonchev–Trinajstić information content (AvgIpc) is 2.48. The second-order valence-electron chi connectivity index (χ2n) is 4.60. The van der Waals surface area contributed by atoms with E-state index in [0.717, 1.165) is 12.0 Å². The highest BCUT2D eigenvalue weighted by Crippen LogP contribution is 2.16. The molecule has 0 bridgehead atoms. The lowest BCUT2D eigenvalue weighted by molar-refractivity contribution is 0.100. The topological polar surface area (TPSA) is 98.2 Å². The number of anilines is 1. The molecule has 0 aliphatic heterocycles. The van der Waals surface area contributed by atoms with Gasteiger partial charge in [0.05, 0.1) is 11.3 Å². The summed E-state index contributed by atoms with van der Waals surface area (Å²) in [6.45, 7) is 0.567. The number of hydrogen-bond acceptors (Lipinski definition) is 3. The van der Waals surface area contributed by atoms with E-state index in [2.05, 4.69) is 5.32 Å². The molecule has 0 aromatic heterocycles. The quantitative estimate of drug-likeness (QED) is 0.776. The highest BCUT2D eigenvalue weighted by molar-refractivity contribution is 6.08. The van der Waals surface area contributed by atoms with E-state index in [4.69, 9.17) is 11.5 Å². The molecule has 0 saturated heterocycles. The van der Waals surface area contributed by atoms with Gasteiger partial charge in [-0.25, -0.2) is 0 Å². The fourth-order valence-corrected chi connectivity index (χ4v) is 1.99. The number of primary amides is 1. The van der Waals surface area contributed by atoms with Crippen molar-refractivity contribution in [1.82, 2.24) is 0 Å². The zero-order valence-corrected chi connectivity index (χ0v) is 11.5. The lowest BCUT2D eigenvalue weighted by Gasteiger charge is -2.09. The predicted octanol–water partition coefficient (Wildman–Crippen LogP) is 1.54. The van der Waals surface area contributed by atoms with Gasteiger partial charge in [-0.2, -0.15) is 0 Å². The van der Waals surface area contributed by atoms with E-state index in [1.165, 1.54) is 0 Å². The highest BCUT2D eigenvalue weighted by atomic mass is 16.2. The molecule has 2 aromatic rings. The molecule has 5 N–H and O–H groups in total. The molecule has 5 nitrogen and oxygen atoms in total. The molecule has 0 heterocycles. The molecule has 0 unspecified atom stereocenters. The number of benzene rings is 2. The van der Waals surface area contributed by atoms with Gasteiger partial charge >= 0.3 is 0 Å². The maximum absolute atomic E-state index is 12.2. The Morgan fingerprint density at radius 1 is 1.00 bits per heavy atom. The van der Waals surface area contributed by atoms with Crippen molar-refractivity contribution in [1.29, 1.82) is 0 Å². The first-order valence-corrected chi connectivity index (χ1v) is 6.61. The first-order valence-electron chi connectivity index (χ1n) is 6.61. The molecule has 2 amide bonds. The van der Waals surface area contributed by atoms with E-state index in [-0.39, 0.29) is 11.5 Å². The van der Waals surface area contributed by atoms with E-state index in [9.17, 15) is 9.59 Å². The van der Waals surface area contributed by atoms with E-state index in [1.54, 1.807) is 36.4 Å². The Labute approximate surface area is 123 Å². The molecule has 21 heavy (non-hydrogen) atoms. The van der Waals surface area contributed by atoms with Gasteiger partial charge in [0.15, 0.2) is 0 Å². The molecule has 2 aromatic carbocycles. The summed E-state index contributed by atoms with van der Waals surface area (Å²) in [5.74, 6) is -0.868. The van der Waals surface area contributed by atoms with Crippen LogP contribution in [0.3, 0.4) is 0 Å². The number of rotatable bonds is 5. The molecule has 108 valence electrons. The fraction of sp³-hybridized carbons (Fsp3) is 0.125. The zero-order valence-electron chi connectivity index (χ0n) is 11.5. The summed E-state index contributed by atoms with van der Waals surface area (Å²) >= 11 is 0. The smallest absolute Gasteiger partial charge is 0.255 e. The van der Waals surface area contributed by atoms with E-state index in [0.29, 0.717) is 17.8 Å². The first-order chi connectivity index (χ1) is 10.1. The second kappa shape index (κ2) is 6.67. The number of para-hydroxylation sites is 1. The van der Waals surface area contributed by atoms with Gasteiger partial charge in [-0.1, -0.05) is 24.3 Å². The third-order valence-corrected chi connectivity index (χ3v) is 3.09. The Morgan fingerprint density at radius 3 is 2.29 bits per heavy atom. The number of nitrogens with one attached hydrogen (secondary N) is 1. The van der Waals surface area contributed by atoms with Gasteiger partial charge in [-0.15, -0.1) is 0 Å². The van der Waals surface area contributed by atoms with Gasteiger partial charge < -0.3 is 16.8 Å². The van der Waals surface area contributed by atoms with Crippen LogP contribution in [0.1, 0.15) is 26.3 Å². The van der Waals surface area contributed by atoms with E-state index >= 15 is 0 Å². The molecule has 0 aliphatic carbocycles. The Morgan fingerprint density at radius 2 is 1.67 bits per heavy atom. The summed E-state index contributed by atoms with van der Waals surface area (Å²) in [5.41, 5.74) is 13.0. The summed E-state index contributed by atoms with van der Waals surface area (Å²) < 4.78 is 0. The van der Waals surface area contributed by atoms with Crippen LogP contribution in [0.5, 0.6) is 0 Å². The van der Waals surface area contributed by atoms with Gasteiger partial charge in [0.25, 0.3) is 11.8 Å². The largest absolute Gasteiger partial charge is 0.366 e. The van der Waals surface area contributed by atoms with Crippen LogP contribution >= 0.6 is 0 Å². The van der Waals surface area contributed by atoms with Gasteiger partial charge in [-0.3, -0.25) is 9.59 Å². The maximum atomic E-state index is 12.2. The minimum atomic E-state index is -0.579. The minimum Gasteiger partial charge on any atom is -0.366 e. The van der Waals surface area contributed by atoms with Crippen molar-refractivity contribution < 1.29 is 9.59 Å². The standard InChI is InChI=1S/C16H17N3O2/c17-10-9-11-5-7-12(8-6-11)16(21)19-14-4-2-1-3-13(14)15(18)20/h1-8H,9-10,17H2,(H2,18,20)(H,19,21). The van der Waals surface area contributed by atoms with Crippen molar-refractivity contribution in [2.45, 2.75) is 6.42 Å². The monoisotopic (exact) mass is 283 g/mol. The molecular formula is C16H17N3O2. The maximum Gasteiger partial charge on any atom is 0.255 e. The summed E-state index contributed by atoms with van der Waals surface area (Å²) in [6.07, 6.45) is 0.770. The van der Waals surface area contributed by atoms with Gasteiger partial charge in [0, 0.05) is 5.56 Å². The van der Waals surface area contributed by atoms with Crippen LogP contribution in [0.2, 0.25) is 0 Å². The van der Waals surface area contributed by atoms with E-state index < -0.39 is 5.91 Å². The van der Waals surface area contributed by atoms with Gasteiger partial charge in [0.2, 0.25) is 0 Å². The van der Waals surface area contributed by atoms with Crippen LogP contribution in [0.15, 0.2) is 48.5 Å². The molecule has 0 atom stereocenters. The Bertz CT molecular complexity index is 651. The third kappa shape index (κ3) is 3.67. The molecular weight excluding hydrogens is 266 g/mol. The van der Waals surface area contributed by atoms with Crippen molar-refractivity contribution in [2.75, 3.05) is 11.9 Å². The summed E-state index contributed by atoms with van der Waals surface area (Å²) in [5, 5.41) is 2.70. The molecule has 0 saturated carbocycles. The molecule has 0 fully saturated rings. The lowest BCUT2D eigenvalue weighted by Crippen LogP contribution is -2.18. The summed E-state index contributed by atoms with van der Waals surface area (Å²) in [4.78, 5) is 23.5. The van der Waals surface area contributed by atoms with Crippen LogP contribution < -0.4 is 16.8 Å². The van der Waals surface area contributed by atoms with Crippen molar-refractivity contribution in [3.63, 3.8) is 0 Å². The number of amides is 2. The number of hydrogen-bond donors (Lipinski definition) is 3. The van der Waals surface area contributed by atoms with Crippen molar-refractivity contribution >= 4 is 17.5 Å². The molecule has 2 rings (SSSR count). The van der Waals surface area contributed by atoms with Crippen LogP contribution in [0.25, 0.3) is 0 Å². The summed E-state index contributed by atoms with van der Waals surface area (Å²) in [7, 11) is 0. The Balaban J connectivity index is 2.16. The SMILES string of the molecule is NCCc1ccc(C(=O)Nc2ccccc2C(N)=O)cc1. The number of carbonyl (C=O) groups excluding carboxylic acids is 2. The third-order valence-electron chi connectivity index (χ3n) is 3.09. The molecule has 5 heteroatoms. The van der Waals surface area contributed by atoms with Gasteiger partial charge in [0.1, 0.15) is 0 Å².